The van der Waals surface area contributed by atoms with Gasteiger partial charge < -0.3 is 10.3 Å². The molecule has 0 aliphatic carbocycles. The summed E-state index contributed by atoms with van der Waals surface area (Å²) in [5.74, 6) is 0. The zero-order valence-electron chi connectivity index (χ0n) is 9.97. The second-order valence-corrected chi connectivity index (χ2v) is 4.48. The SMILES string of the molecule is NCCCn1cc(-c2ccccc2Cl)ccc1=O. The molecule has 0 unspecified atom stereocenters. The molecule has 0 spiro atoms. The van der Waals surface area contributed by atoms with E-state index in [9.17, 15) is 4.79 Å². The van der Waals surface area contributed by atoms with Crippen molar-refractivity contribution in [2.45, 2.75) is 13.0 Å². The van der Waals surface area contributed by atoms with Crippen molar-refractivity contribution in [1.29, 1.82) is 0 Å². The Morgan fingerprint density at radius 3 is 2.67 bits per heavy atom. The minimum absolute atomic E-state index is 0.0146. The molecular weight excluding hydrogens is 248 g/mol. The number of aromatic nitrogens is 1. The van der Waals surface area contributed by atoms with Crippen LogP contribution in [0, 0.1) is 0 Å². The minimum atomic E-state index is -0.0146. The van der Waals surface area contributed by atoms with Crippen LogP contribution < -0.4 is 11.3 Å². The van der Waals surface area contributed by atoms with Gasteiger partial charge in [-0.25, -0.2) is 0 Å². The zero-order valence-corrected chi connectivity index (χ0v) is 10.7. The Morgan fingerprint density at radius 1 is 1.17 bits per heavy atom. The smallest absolute Gasteiger partial charge is 0.250 e. The summed E-state index contributed by atoms with van der Waals surface area (Å²) in [4.78, 5) is 11.7. The molecule has 18 heavy (non-hydrogen) atoms. The van der Waals surface area contributed by atoms with Gasteiger partial charge in [0.25, 0.3) is 5.56 Å². The van der Waals surface area contributed by atoms with Crippen molar-refractivity contribution in [3.05, 3.63) is 58.0 Å². The average Bonchev–Trinajstić information content (AvgIpc) is 2.39. The van der Waals surface area contributed by atoms with E-state index in [2.05, 4.69) is 0 Å². The van der Waals surface area contributed by atoms with Gasteiger partial charge in [-0.3, -0.25) is 4.79 Å². The summed E-state index contributed by atoms with van der Waals surface area (Å²) >= 11 is 6.15. The fraction of sp³-hybridized carbons (Fsp3) is 0.214. The standard InChI is InChI=1S/C14H15ClN2O/c15-13-5-2-1-4-12(13)11-6-7-14(18)17(10-11)9-3-8-16/h1-2,4-7,10H,3,8-9,16H2. The molecule has 0 saturated heterocycles. The van der Waals surface area contributed by atoms with Crippen LogP contribution >= 0.6 is 11.6 Å². The number of nitrogens with zero attached hydrogens (tertiary/aromatic N) is 1. The van der Waals surface area contributed by atoms with E-state index in [1.54, 1.807) is 16.7 Å². The Kier molecular flexibility index (Phi) is 4.18. The van der Waals surface area contributed by atoms with Crippen molar-refractivity contribution in [1.82, 2.24) is 4.57 Å². The first-order valence-corrected chi connectivity index (χ1v) is 6.25. The van der Waals surface area contributed by atoms with Gasteiger partial charge in [0.1, 0.15) is 0 Å². The molecule has 0 fully saturated rings. The van der Waals surface area contributed by atoms with Crippen LogP contribution in [0.2, 0.25) is 5.02 Å². The van der Waals surface area contributed by atoms with Crippen molar-refractivity contribution in [3.8, 4) is 11.1 Å². The lowest BCUT2D eigenvalue weighted by atomic mass is 10.1. The van der Waals surface area contributed by atoms with Crippen LogP contribution in [0.25, 0.3) is 11.1 Å². The second kappa shape index (κ2) is 5.85. The lowest BCUT2D eigenvalue weighted by Gasteiger charge is -2.09. The number of pyridine rings is 1. The molecule has 0 radical (unpaired) electrons. The molecule has 0 aliphatic heterocycles. The molecule has 0 atom stereocenters. The number of benzene rings is 1. The molecule has 0 aliphatic rings. The summed E-state index contributed by atoms with van der Waals surface area (Å²) < 4.78 is 1.67. The summed E-state index contributed by atoms with van der Waals surface area (Å²) in [6, 6.07) is 11.0. The first-order chi connectivity index (χ1) is 8.72. The number of nitrogens with two attached hydrogens (primary N) is 1. The Balaban J connectivity index is 2.41. The van der Waals surface area contributed by atoms with E-state index in [0.29, 0.717) is 18.1 Å². The minimum Gasteiger partial charge on any atom is -0.330 e. The maximum Gasteiger partial charge on any atom is 0.250 e. The third kappa shape index (κ3) is 2.81. The molecule has 2 N–H and O–H groups in total. The van der Waals surface area contributed by atoms with Gasteiger partial charge in [-0.15, -0.1) is 0 Å². The molecule has 1 aromatic heterocycles. The van der Waals surface area contributed by atoms with Crippen LogP contribution in [-0.4, -0.2) is 11.1 Å². The molecule has 0 saturated carbocycles. The van der Waals surface area contributed by atoms with Gasteiger partial charge in [-0.2, -0.15) is 0 Å². The fourth-order valence-corrected chi connectivity index (χ4v) is 2.07. The monoisotopic (exact) mass is 262 g/mol. The fourth-order valence-electron chi connectivity index (χ4n) is 1.82. The van der Waals surface area contributed by atoms with Crippen molar-refractivity contribution < 1.29 is 0 Å². The van der Waals surface area contributed by atoms with Gasteiger partial charge in [0, 0.05) is 29.4 Å². The molecule has 1 aromatic carbocycles. The Morgan fingerprint density at radius 2 is 1.94 bits per heavy atom. The van der Waals surface area contributed by atoms with Crippen LogP contribution in [0.5, 0.6) is 0 Å². The predicted molar refractivity (Wildman–Crippen MR) is 74.8 cm³/mol. The predicted octanol–water partition coefficient (Wildman–Crippen LogP) is 2.52. The molecule has 1 heterocycles. The van der Waals surface area contributed by atoms with Gasteiger partial charge >= 0.3 is 0 Å². The summed E-state index contributed by atoms with van der Waals surface area (Å²) in [7, 11) is 0. The van der Waals surface area contributed by atoms with Crippen molar-refractivity contribution in [2.24, 2.45) is 5.73 Å². The Labute approximate surface area is 111 Å². The number of halogens is 1. The van der Waals surface area contributed by atoms with Gasteiger partial charge in [0.2, 0.25) is 0 Å². The van der Waals surface area contributed by atoms with E-state index in [-0.39, 0.29) is 5.56 Å². The van der Waals surface area contributed by atoms with E-state index in [4.69, 9.17) is 17.3 Å². The highest BCUT2D eigenvalue weighted by atomic mass is 35.5. The van der Waals surface area contributed by atoms with E-state index in [1.165, 1.54) is 0 Å². The van der Waals surface area contributed by atoms with Crippen molar-refractivity contribution in [3.63, 3.8) is 0 Å². The van der Waals surface area contributed by atoms with Gasteiger partial charge in [0.05, 0.1) is 0 Å². The quantitative estimate of drug-likeness (QED) is 0.920. The van der Waals surface area contributed by atoms with Crippen LogP contribution in [0.15, 0.2) is 47.4 Å². The maximum absolute atomic E-state index is 11.7. The second-order valence-electron chi connectivity index (χ2n) is 4.07. The van der Waals surface area contributed by atoms with E-state index < -0.39 is 0 Å². The Bertz CT molecular complexity index is 592. The third-order valence-electron chi connectivity index (χ3n) is 2.77. The van der Waals surface area contributed by atoms with Crippen LogP contribution in [0.3, 0.4) is 0 Å². The normalized spacial score (nSPS) is 10.6. The number of aryl methyl sites for hydroxylation is 1. The number of hydrogen-bond donors (Lipinski definition) is 1. The highest BCUT2D eigenvalue weighted by molar-refractivity contribution is 6.33. The molecule has 0 amide bonds. The van der Waals surface area contributed by atoms with Gasteiger partial charge in [-0.1, -0.05) is 29.8 Å². The van der Waals surface area contributed by atoms with Gasteiger partial charge in [-0.05, 0) is 30.7 Å². The zero-order chi connectivity index (χ0) is 13.0. The largest absolute Gasteiger partial charge is 0.330 e. The van der Waals surface area contributed by atoms with E-state index >= 15 is 0 Å². The molecule has 2 rings (SSSR count). The van der Waals surface area contributed by atoms with E-state index in [1.807, 2.05) is 30.5 Å². The van der Waals surface area contributed by atoms with Crippen LogP contribution in [0.1, 0.15) is 6.42 Å². The van der Waals surface area contributed by atoms with Crippen LogP contribution in [0.4, 0.5) is 0 Å². The first-order valence-electron chi connectivity index (χ1n) is 5.88. The molecule has 3 nitrogen and oxygen atoms in total. The average molecular weight is 263 g/mol. The summed E-state index contributed by atoms with van der Waals surface area (Å²) in [6.07, 6.45) is 2.62. The molecule has 94 valence electrons. The molecular formula is C14H15ClN2O. The maximum atomic E-state index is 11.7. The van der Waals surface area contributed by atoms with Crippen LogP contribution in [-0.2, 0) is 6.54 Å². The van der Waals surface area contributed by atoms with E-state index in [0.717, 1.165) is 17.5 Å². The van der Waals surface area contributed by atoms with Gasteiger partial charge in [0.15, 0.2) is 0 Å². The number of rotatable bonds is 4. The number of hydrogen-bond acceptors (Lipinski definition) is 2. The summed E-state index contributed by atoms with van der Waals surface area (Å²) in [6.45, 7) is 1.20. The Hall–Kier alpha value is -1.58. The summed E-state index contributed by atoms with van der Waals surface area (Å²) in [5, 5.41) is 0.682. The topological polar surface area (TPSA) is 48.0 Å². The van der Waals surface area contributed by atoms with Crippen molar-refractivity contribution in [2.75, 3.05) is 6.54 Å². The lowest BCUT2D eigenvalue weighted by molar-refractivity contribution is 0.630. The lowest BCUT2D eigenvalue weighted by Crippen LogP contribution is -2.20. The highest BCUT2D eigenvalue weighted by Gasteiger charge is 2.04. The summed E-state index contributed by atoms with van der Waals surface area (Å²) in [5.41, 5.74) is 7.32. The highest BCUT2D eigenvalue weighted by Crippen LogP contribution is 2.26. The molecule has 4 heteroatoms. The third-order valence-corrected chi connectivity index (χ3v) is 3.10. The molecule has 0 bridgehead atoms. The first kappa shape index (κ1) is 12.9. The van der Waals surface area contributed by atoms with Crippen molar-refractivity contribution >= 4 is 11.6 Å². The molecule has 2 aromatic rings.